The van der Waals surface area contributed by atoms with Crippen molar-refractivity contribution >= 4 is 52.5 Å². The summed E-state index contributed by atoms with van der Waals surface area (Å²) in [6.45, 7) is 8.64. The van der Waals surface area contributed by atoms with Crippen LogP contribution in [0.25, 0.3) is 0 Å². The van der Waals surface area contributed by atoms with E-state index in [4.69, 9.17) is 23.2 Å². The number of nitrogens with one attached hydrogen (secondary N) is 2. The van der Waals surface area contributed by atoms with Gasteiger partial charge in [0.1, 0.15) is 0 Å². The number of carbonyl (C=O) groups is 2. The van der Waals surface area contributed by atoms with Gasteiger partial charge in [-0.05, 0) is 56.0 Å². The highest BCUT2D eigenvalue weighted by Gasteiger charge is 2.25. The molecule has 0 aliphatic carbocycles. The summed E-state index contributed by atoms with van der Waals surface area (Å²) in [6, 6.07) is 12.0. The van der Waals surface area contributed by atoms with Crippen LogP contribution in [-0.2, 0) is 11.3 Å². The maximum atomic E-state index is 13.0. The fourth-order valence-corrected chi connectivity index (χ4v) is 4.75. The van der Waals surface area contributed by atoms with Crippen LogP contribution in [0, 0.1) is 12.8 Å². The van der Waals surface area contributed by atoms with Crippen LogP contribution in [0.4, 0.5) is 5.69 Å². The fraction of sp³-hybridized carbons (Fsp3) is 0.360. The van der Waals surface area contributed by atoms with E-state index in [1.54, 1.807) is 30.3 Å². The summed E-state index contributed by atoms with van der Waals surface area (Å²) in [4.78, 5) is 25.5. The maximum Gasteiger partial charge on any atom is 0.253 e. The molecular formula is C25H29Cl2N5O2S. The molecule has 0 saturated heterocycles. The monoisotopic (exact) mass is 533 g/mol. The number of hydrogen-bond donors (Lipinski definition) is 2. The summed E-state index contributed by atoms with van der Waals surface area (Å²) >= 11 is 13.7. The fourth-order valence-electron chi connectivity index (χ4n) is 3.54. The van der Waals surface area contributed by atoms with Gasteiger partial charge in [-0.25, -0.2) is 0 Å². The Kier molecular flexibility index (Phi) is 9.60. The number of carbonyl (C=O) groups excluding carboxylic acids is 2. The Morgan fingerprint density at radius 3 is 2.49 bits per heavy atom. The summed E-state index contributed by atoms with van der Waals surface area (Å²) in [7, 11) is 0. The quantitative estimate of drug-likeness (QED) is 0.304. The van der Waals surface area contributed by atoms with E-state index in [1.807, 2.05) is 30.5 Å². The van der Waals surface area contributed by atoms with Gasteiger partial charge in [0.15, 0.2) is 11.0 Å². The van der Waals surface area contributed by atoms with Crippen molar-refractivity contribution in [3.8, 4) is 0 Å². The lowest BCUT2D eigenvalue weighted by Crippen LogP contribution is -2.31. The summed E-state index contributed by atoms with van der Waals surface area (Å²) in [5, 5.41) is 16.2. The second kappa shape index (κ2) is 12.4. The minimum absolute atomic E-state index is 0.157. The summed E-state index contributed by atoms with van der Waals surface area (Å²) < 4.78 is 1.93. The maximum absolute atomic E-state index is 13.0. The highest BCUT2D eigenvalue weighted by Crippen LogP contribution is 2.26. The van der Waals surface area contributed by atoms with E-state index < -0.39 is 0 Å². The molecule has 2 aromatic carbocycles. The Hall–Kier alpha value is -2.55. The van der Waals surface area contributed by atoms with Crippen molar-refractivity contribution in [2.75, 3.05) is 11.1 Å². The Morgan fingerprint density at radius 1 is 1.09 bits per heavy atom. The third-order valence-electron chi connectivity index (χ3n) is 5.29. The van der Waals surface area contributed by atoms with Gasteiger partial charge in [0.2, 0.25) is 5.91 Å². The van der Waals surface area contributed by atoms with E-state index >= 15 is 0 Å². The van der Waals surface area contributed by atoms with Gasteiger partial charge in [0.25, 0.3) is 5.91 Å². The van der Waals surface area contributed by atoms with Gasteiger partial charge in [-0.2, -0.15) is 0 Å². The molecule has 1 heterocycles. The number of aromatic nitrogens is 3. The van der Waals surface area contributed by atoms with Gasteiger partial charge in [-0.1, -0.05) is 67.0 Å². The van der Waals surface area contributed by atoms with Gasteiger partial charge in [0, 0.05) is 17.3 Å². The van der Waals surface area contributed by atoms with Crippen molar-refractivity contribution in [1.82, 2.24) is 20.1 Å². The Bertz CT molecular complexity index is 1200. The molecule has 7 nitrogen and oxygen atoms in total. The van der Waals surface area contributed by atoms with Gasteiger partial charge in [-0.3, -0.25) is 9.59 Å². The largest absolute Gasteiger partial charge is 0.342 e. The minimum atomic E-state index is -0.357. The van der Waals surface area contributed by atoms with E-state index in [-0.39, 0.29) is 23.6 Å². The predicted octanol–water partition coefficient (Wildman–Crippen LogP) is 6.16. The summed E-state index contributed by atoms with van der Waals surface area (Å²) in [6.07, 6.45) is 0.674. The first-order chi connectivity index (χ1) is 16.7. The Balaban J connectivity index is 1.73. The smallest absolute Gasteiger partial charge is 0.253 e. The van der Waals surface area contributed by atoms with E-state index in [9.17, 15) is 9.59 Å². The zero-order valence-corrected chi connectivity index (χ0v) is 22.5. The molecule has 3 aromatic rings. The highest BCUT2D eigenvalue weighted by molar-refractivity contribution is 7.99. The van der Waals surface area contributed by atoms with Crippen LogP contribution < -0.4 is 10.6 Å². The molecule has 2 amide bonds. The van der Waals surface area contributed by atoms with Crippen LogP contribution in [0.5, 0.6) is 0 Å². The van der Waals surface area contributed by atoms with Crippen molar-refractivity contribution in [2.45, 2.75) is 51.9 Å². The number of aryl methyl sites for hydroxylation is 1. The lowest BCUT2D eigenvalue weighted by atomic mass is 10.0. The zero-order chi connectivity index (χ0) is 25.5. The van der Waals surface area contributed by atoms with Crippen LogP contribution in [0.3, 0.4) is 0 Å². The molecular weight excluding hydrogens is 505 g/mol. The van der Waals surface area contributed by atoms with Gasteiger partial charge < -0.3 is 15.2 Å². The first kappa shape index (κ1) is 27.0. The molecule has 35 heavy (non-hydrogen) atoms. The second-order valence-electron chi connectivity index (χ2n) is 8.52. The minimum Gasteiger partial charge on any atom is -0.342 e. The second-order valence-corrected chi connectivity index (χ2v) is 10.3. The number of anilines is 1. The standard InChI is InChI=1S/C25H29Cl2N5O2S/c1-5-32-23(21(12-15(2)3)29-24(34)18-8-6-7-9-19(18)26)30-31-25(32)35-14-22(33)28-17-11-10-16(4)20(27)13-17/h6-11,13,15,21H,5,12,14H2,1-4H3,(H,28,33)(H,29,34)/t21-/m0/s1. The molecule has 0 bridgehead atoms. The molecule has 0 unspecified atom stereocenters. The van der Waals surface area contributed by atoms with E-state index in [1.165, 1.54) is 11.8 Å². The number of nitrogens with zero attached hydrogens (tertiary/aromatic N) is 3. The Morgan fingerprint density at radius 2 is 1.83 bits per heavy atom. The van der Waals surface area contributed by atoms with Gasteiger partial charge in [-0.15, -0.1) is 10.2 Å². The molecule has 0 radical (unpaired) electrons. The Labute approximate surface area is 220 Å². The third-order valence-corrected chi connectivity index (χ3v) is 7.00. The van der Waals surface area contributed by atoms with Crippen molar-refractivity contribution in [2.24, 2.45) is 5.92 Å². The van der Waals surface area contributed by atoms with Crippen molar-refractivity contribution in [1.29, 1.82) is 0 Å². The zero-order valence-electron chi connectivity index (χ0n) is 20.1. The molecule has 0 fully saturated rings. The molecule has 2 N–H and O–H groups in total. The predicted molar refractivity (Wildman–Crippen MR) is 142 cm³/mol. The number of hydrogen-bond acceptors (Lipinski definition) is 5. The van der Waals surface area contributed by atoms with E-state index in [0.717, 1.165) is 5.56 Å². The topological polar surface area (TPSA) is 88.9 Å². The average Bonchev–Trinajstić information content (AvgIpc) is 3.22. The molecule has 3 rings (SSSR count). The van der Waals surface area contributed by atoms with Crippen LogP contribution >= 0.6 is 35.0 Å². The van der Waals surface area contributed by atoms with Gasteiger partial charge >= 0.3 is 0 Å². The average molecular weight is 535 g/mol. The molecule has 1 atom stereocenters. The lowest BCUT2D eigenvalue weighted by Gasteiger charge is -2.21. The highest BCUT2D eigenvalue weighted by atomic mass is 35.5. The van der Waals surface area contributed by atoms with Crippen molar-refractivity contribution < 1.29 is 9.59 Å². The molecule has 10 heteroatoms. The first-order valence-corrected chi connectivity index (χ1v) is 13.1. The normalized spacial score (nSPS) is 12.0. The SMILES string of the molecule is CCn1c(SCC(=O)Nc2ccc(C)c(Cl)c2)nnc1[C@H](CC(C)C)NC(=O)c1ccccc1Cl. The van der Waals surface area contributed by atoms with E-state index in [2.05, 4.69) is 34.7 Å². The molecule has 0 spiro atoms. The molecule has 0 aliphatic rings. The number of benzene rings is 2. The molecule has 186 valence electrons. The summed E-state index contributed by atoms with van der Waals surface area (Å²) in [5.74, 6) is 0.668. The van der Waals surface area contributed by atoms with Crippen LogP contribution in [0.1, 0.15) is 55.0 Å². The van der Waals surface area contributed by atoms with Crippen molar-refractivity contribution in [3.05, 3.63) is 69.5 Å². The number of thioether (sulfide) groups is 1. The van der Waals surface area contributed by atoms with Crippen LogP contribution in [-0.4, -0.2) is 32.3 Å². The molecule has 1 aromatic heterocycles. The number of rotatable bonds is 10. The van der Waals surface area contributed by atoms with E-state index in [0.29, 0.717) is 51.2 Å². The number of amides is 2. The number of halogens is 2. The third kappa shape index (κ3) is 7.22. The van der Waals surface area contributed by atoms with Crippen LogP contribution in [0.15, 0.2) is 47.6 Å². The first-order valence-electron chi connectivity index (χ1n) is 11.4. The van der Waals surface area contributed by atoms with Crippen LogP contribution in [0.2, 0.25) is 10.0 Å². The van der Waals surface area contributed by atoms with Gasteiger partial charge in [0.05, 0.1) is 22.4 Å². The summed E-state index contributed by atoms with van der Waals surface area (Å²) in [5.41, 5.74) is 2.00. The molecule has 0 saturated carbocycles. The lowest BCUT2D eigenvalue weighted by molar-refractivity contribution is -0.113. The van der Waals surface area contributed by atoms with Crippen molar-refractivity contribution in [3.63, 3.8) is 0 Å². The molecule has 0 aliphatic heterocycles.